The molecule has 0 fully saturated rings. The fraction of sp³-hybridized carbons (Fsp3) is 0.235. The molecule has 0 radical (unpaired) electrons. The van der Waals surface area contributed by atoms with Crippen LogP contribution in [0.3, 0.4) is 0 Å². The summed E-state index contributed by atoms with van der Waals surface area (Å²) in [6.07, 6.45) is 0. The van der Waals surface area contributed by atoms with E-state index in [1.54, 1.807) is 30.9 Å². The third-order valence-corrected chi connectivity index (χ3v) is 4.08. The highest BCUT2D eigenvalue weighted by Crippen LogP contribution is 2.32. The Morgan fingerprint density at radius 1 is 1.00 bits per heavy atom. The highest BCUT2D eigenvalue weighted by atomic mass is 32.2. The van der Waals surface area contributed by atoms with Gasteiger partial charge in [0, 0.05) is 43.7 Å². The Labute approximate surface area is 136 Å². The molecule has 0 aliphatic heterocycles. The third-order valence-electron chi connectivity index (χ3n) is 3.02. The van der Waals surface area contributed by atoms with Crippen molar-refractivity contribution in [3.05, 3.63) is 54.1 Å². The van der Waals surface area contributed by atoms with Crippen LogP contribution in [-0.2, 0) is 0 Å². The van der Waals surface area contributed by atoms with Crippen LogP contribution in [0.4, 0.5) is 5.69 Å². The Morgan fingerprint density at radius 3 is 2.41 bits per heavy atom. The minimum atomic E-state index is -0.100. The Hall–Kier alpha value is -1.98. The number of anilines is 1. The van der Waals surface area contributed by atoms with Gasteiger partial charge < -0.3 is 4.90 Å². The number of carbonyl (C=O) groups is 1. The van der Waals surface area contributed by atoms with Gasteiger partial charge in [0.1, 0.15) is 0 Å². The van der Waals surface area contributed by atoms with Gasteiger partial charge in [-0.25, -0.2) is 5.01 Å². The zero-order valence-corrected chi connectivity index (χ0v) is 14.1. The molecular weight excluding hydrogens is 294 g/mol. The van der Waals surface area contributed by atoms with Gasteiger partial charge in [0.15, 0.2) is 0 Å². The van der Waals surface area contributed by atoms with Gasteiger partial charge in [-0.1, -0.05) is 30.0 Å². The summed E-state index contributed by atoms with van der Waals surface area (Å²) in [5, 5.41) is 1.65. The first-order chi connectivity index (χ1) is 10.5. The van der Waals surface area contributed by atoms with Gasteiger partial charge in [0.2, 0.25) is 0 Å². The van der Waals surface area contributed by atoms with Crippen LogP contribution in [0.1, 0.15) is 10.4 Å². The van der Waals surface area contributed by atoms with Crippen LogP contribution >= 0.6 is 11.8 Å². The zero-order valence-electron chi connectivity index (χ0n) is 13.3. The van der Waals surface area contributed by atoms with Crippen molar-refractivity contribution in [2.24, 2.45) is 0 Å². The Balaban J connectivity index is 2.26. The molecule has 1 N–H and O–H groups in total. The van der Waals surface area contributed by atoms with Gasteiger partial charge in [-0.15, -0.1) is 0 Å². The minimum Gasteiger partial charge on any atom is -0.378 e. The van der Waals surface area contributed by atoms with Crippen molar-refractivity contribution in [3.8, 4) is 0 Å². The Kier molecular flexibility index (Phi) is 5.46. The SMILES string of the molecule is CN(C)NC(=O)c1ccccc1Sc1cccc(N(C)C)c1. The normalized spacial score (nSPS) is 10.6. The summed E-state index contributed by atoms with van der Waals surface area (Å²) < 4.78 is 0. The summed E-state index contributed by atoms with van der Waals surface area (Å²) >= 11 is 1.60. The first-order valence-electron chi connectivity index (χ1n) is 7.00. The van der Waals surface area contributed by atoms with Crippen molar-refractivity contribution in [1.29, 1.82) is 0 Å². The molecule has 0 aromatic heterocycles. The van der Waals surface area contributed by atoms with E-state index in [1.807, 2.05) is 44.4 Å². The van der Waals surface area contributed by atoms with E-state index < -0.39 is 0 Å². The van der Waals surface area contributed by atoms with Crippen molar-refractivity contribution in [3.63, 3.8) is 0 Å². The molecule has 4 nitrogen and oxygen atoms in total. The maximum atomic E-state index is 12.3. The molecule has 0 heterocycles. The highest BCUT2D eigenvalue weighted by Gasteiger charge is 2.12. The van der Waals surface area contributed by atoms with Crippen LogP contribution < -0.4 is 10.3 Å². The van der Waals surface area contributed by atoms with E-state index >= 15 is 0 Å². The average molecular weight is 315 g/mol. The molecule has 0 saturated carbocycles. The molecule has 22 heavy (non-hydrogen) atoms. The van der Waals surface area contributed by atoms with Crippen LogP contribution in [-0.4, -0.2) is 39.1 Å². The van der Waals surface area contributed by atoms with E-state index in [1.165, 1.54) is 0 Å². The third kappa shape index (κ3) is 4.26. The molecule has 0 atom stereocenters. The standard InChI is InChI=1S/C17H21N3OS/c1-19(2)13-8-7-9-14(12-13)22-16-11-6-5-10-15(16)17(21)18-20(3)4/h5-12H,1-4H3,(H,18,21). The van der Waals surface area contributed by atoms with E-state index in [9.17, 15) is 4.79 Å². The highest BCUT2D eigenvalue weighted by molar-refractivity contribution is 7.99. The lowest BCUT2D eigenvalue weighted by atomic mass is 10.2. The zero-order chi connectivity index (χ0) is 16.1. The molecule has 0 saturated heterocycles. The van der Waals surface area contributed by atoms with Crippen molar-refractivity contribution >= 4 is 23.4 Å². The molecule has 2 aromatic rings. The number of hydrogen-bond acceptors (Lipinski definition) is 4. The van der Waals surface area contributed by atoms with Crippen molar-refractivity contribution < 1.29 is 4.79 Å². The average Bonchev–Trinajstić information content (AvgIpc) is 2.47. The molecule has 0 aliphatic carbocycles. The summed E-state index contributed by atoms with van der Waals surface area (Å²) in [4.78, 5) is 16.4. The second-order valence-electron chi connectivity index (χ2n) is 5.33. The number of hydrazine groups is 1. The van der Waals surface area contributed by atoms with E-state index in [0.29, 0.717) is 5.56 Å². The number of nitrogens with zero attached hydrogens (tertiary/aromatic N) is 2. The lowest BCUT2D eigenvalue weighted by Crippen LogP contribution is -2.36. The molecule has 0 bridgehead atoms. The second-order valence-corrected chi connectivity index (χ2v) is 6.44. The summed E-state index contributed by atoms with van der Waals surface area (Å²) in [6.45, 7) is 0. The number of benzene rings is 2. The minimum absolute atomic E-state index is 0.100. The Bertz CT molecular complexity index is 656. The summed E-state index contributed by atoms with van der Waals surface area (Å²) in [7, 11) is 7.63. The first-order valence-corrected chi connectivity index (χ1v) is 7.81. The summed E-state index contributed by atoms with van der Waals surface area (Å²) in [5.74, 6) is -0.100. The van der Waals surface area contributed by atoms with E-state index in [0.717, 1.165) is 15.5 Å². The van der Waals surface area contributed by atoms with Gasteiger partial charge in [-0.3, -0.25) is 10.2 Å². The number of rotatable bonds is 5. The maximum Gasteiger partial charge on any atom is 0.266 e. The lowest BCUT2D eigenvalue weighted by Gasteiger charge is -2.15. The fourth-order valence-electron chi connectivity index (χ4n) is 1.96. The van der Waals surface area contributed by atoms with E-state index in [-0.39, 0.29) is 5.91 Å². The molecule has 2 aromatic carbocycles. The lowest BCUT2D eigenvalue weighted by molar-refractivity contribution is 0.0854. The monoisotopic (exact) mass is 315 g/mol. The predicted octanol–water partition coefficient (Wildman–Crippen LogP) is 3.11. The summed E-state index contributed by atoms with van der Waals surface area (Å²) in [5.41, 5.74) is 4.60. The molecule has 0 unspecified atom stereocenters. The second kappa shape index (κ2) is 7.33. The quantitative estimate of drug-likeness (QED) is 0.860. The molecular formula is C17H21N3OS. The maximum absolute atomic E-state index is 12.3. The number of carbonyl (C=O) groups excluding carboxylic acids is 1. The van der Waals surface area contributed by atoms with Crippen molar-refractivity contribution in [1.82, 2.24) is 10.4 Å². The van der Waals surface area contributed by atoms with E-state index in [4.69, 9.17) is 0 Å². The van der Waals surface area contributed by atoms with Crippen LogP contribution in [0.25, 0.3) is 0 Å². The number of amides is 1. The Morgan fingerprint density at radius 2 is 1.73 bits per heavy atom. The molecule has 2 rings (SSSR count). The largest absolute Gasteiger partial charge is 0.378 e. The fourth-order valence-corrected chi connectivity index (χ4v) is 2.96. The van der Waals surface area contributed by atoms with Crippen LogP contribution in [0.15, 0.2) is 58.3 Å². The molecule has 116 valence electrons. The summed E-state index contributed by atoms with van der Waals surface area (Å²) in [6, 6.07) is 15.9. The van der Waals surface area contributed by atoms with Gasteiger partial charge in [-0.05, 0) is 30.3 Å². The molecule has 0 aliphatic rings. The van der Waals surface area contributed by atoms with E-state index in [2.05, 4.69) is 28.5 Å². The van der Waals surface area contributed by atoms with Gasteiger partial charge in [-0.2, -0.15) is 0 Å². The first kappa shape index (κ1) is 16.4. The smallest absolute Gasteiger partial charge is 0.266 e. The van der Waals surface area contributed by atoms with Gasteiger partial charge in [0.25, 0.3) is 5.91 Å². The molecule has 5 heteroatoms. The van der Waals surface area contributed by atoms with Crippen LogP contribution in [0.2, 0.25) is 0 Å². The van der Waals surface area contributed by atoms with Crippen LogP contribution in [0.5, 0.6) is 0 Å². The predicted molar refractivity (Wildman–Crippen MR) is 92.5 cm³/mol. The van der Waals surface area contributed by atoms with Crippen LogP contribution in [0, 0.1) is 0 Å². The topological polar surface area (TPSA) is 35.6 Å². The van der Waals surface area contributed by atoms with Crippen molar-refractivity contribution in [2.75, 3.05) is 33.1 Å². The van der Waals surface area contributed by atoms with Gasteiger partial charge in [0.05, 0.1) is 5.56 Å². The number of nitrogens with one attached hydrogen (secondary N) is 1. The number of hydrogen-bond donors (Lipinski definition) is 1. The van der Waals surface area contributed by atoms with Crippen molar-refractivity contribution in [2.45, 2.75) is 9.79 Å². The van der Waals surface area contributed by atoms with Gasteiger partial charge >= 0.3 is 0 Å². The molecule has 0 spiro atoms. The molecule has 1 amide bonds.